The van der Waals surface area contributed by atoms with E-state index < -0.39 is 35.7 Å². The Balaban J connectivity index is 1.92. The van der Waals surface area contributed by atoms with Crippen molar-refractivity contribution < 1.29 is 31.9 Å². The first-order valence-electron chi connectivity index (χ1n) is 10.1. The van der Waals surface area contributed by atoms with Crippen molar-refractivity contribution >= 4 is 29.5 Å². The molecule has 13 heteroatoms. The predicted molar refractivity (Wildman–Crippen MR) is 118 cm³/mol. The third-order valence-electron chi connectivity index (χ3n) is 4.80. The fourth-order valence-electron chi connectivity index (χ4n) is 2.84. The number of carbonyl (C=O) groups excluding carboxylic acids is 2. The largest absolute Gasteiger partial charge is 0.447 e. The van der Waals surface area contributed by atoms with Gasteiger partial charge in [-0.25, -0.2) is 19.0 Å². The summed E-state index contributed by atoms with van der Waals surface area (Å²) in [6.07, 6.45) is -3.97. The molecule has 1 atom stereocenters. The van der Waals surface area contributed by atoms with E-state index in [-0.39, 0.29) is 24.0 Å². The second kappa shape index (κ2) is 12.4. The van der Waals surface area contributed by atoms with Crippen molar-refractivity contribution in [3.8, 4) is 0 Å². The summed E-state index contributed by atoms with van der Waals surface area (Å²) in [6.45, 7) is 0.105. The number of alkyl halides is 3. The number of amides is 3. The van der Waals surface area contributed by atoms with Crippen molar-refractivity contribution in [2.75, 3.05) is 25.5 Å². The van der Waals surface area contributed by atoms with Crippen molar-refractivity contribution in [2.24, 2.45) is 5.73 Å². The Labute approximate surface area is 198 Å². The molecule has 8 nitrogen and oxygen atoms in total. The molecule has 0 bridgehead atoms. The molecular formula is C21H24ClF4N5O3. The molecule has 0 aliphatic carbocycles. The van der Waals surface area contributed by atoms with E-state index in [9.17, 15) is 27.2 Å². The maximum absolute atomic E-state index is 13.6. The number of urea groups is 1. The van der Waals surface area contributed by atoms with Gasteiger partial charge in [0.25, 0.3) is 0 Å². The number of rotatable bonds is 9. The molecule has 0 aliphatic rings. The molecule has 1 heterocycles. The highest BCUT2D eigenvalue weighted by Gasteiger charge is 2.30. The van der Waals surface area contributed by atoms with Gasteiger partial charge in [0, 0.05) is 19.8 Å². The monoisotopic (exact) mass is 505 g/mol. The number of nitrogens with zero attached hydrogens (tertiary/aromatic N) is 2. The van der Waals surface area contributed by atoms with Crippen LogP contribution in [0.3, 0.4) is 0 Å². The number of anilines is 1. The van der Waals surface area contributed by atoms with E-state index >= 15 is 0 Å². The molecule has 0 saturated carbocycles. The molecule has 0 fully saturated rings. The fourth-order valence-corrected chi connectivity index (χ4v) is 3.03. The molecular weight excluding hydrogens is 482 g/mol. The van der Waals surface area contributed by atoms with Gasteiger partial charge < -0.3 is 20.7 Å². The topological polar surface area (TPSA) is 110 Å². The summed E-state index contributed by atoms with van der Waals surface area (Å²) in [5.41, 5.74) is 4.97. The molecule has 1 aromatic carbocycles. The van der Waals surface area contributed by atoms with Gasteiger partial charge in [-0.2, -0.15) is 13.2 Å². The zero-order chi connectivity index (χ0) is 25.3. The Morgan fingerprint density at radius 2 is 2.00 bits per heavy atom. The molecule has 34 heavy (non-hydrogen) atoms. The number of nitrogens with two attached hydrogens (primary N) is 1. The van der Waals surface area contributed by atoms with Gasteiger partial charge in [-0.05, 0) is 43.1 Å². The summed E-state index contributed by atoms with van der Waals surface area (Å²) in [4.78, 5) is 29.5. The van der Waals surface area contributed by atoms with Gasteiger partial charge >= 0.3 is 18.3 Å². The summed E-state index contributed by atoms with van der Waals surface area (Å²) in [7, 11) is 1.49. The minimum Gasteiger partial charge on any atom is -0.447 e. The predicted octanol–water partition coefficient (Wildman–Crippen LogP) is 4.39. The molecule has 0 spiro atoms. The second-order valence-corrected chi connectivity index (χ2v) is 7.60. The van der Waals surface area contributed by atoms with E-state index in [1.165, 1.54) is 24.1 Å². The highest BCUT2D eigenvalue weighted by atomic mass is 35.5. The molecule has 0 radical (unpaired) electrons. The standard InChI is InChI=1S/C21H24ClF4N5O3/c1-31(19(32)29-10-13-4-2-6-16(23)18(13)22)15(5-3-9-27)12-34-20(33)30-17-8-7-14(11-28-17)21(24,25)26/h2,4,6-8,11,15H,3,5,9-10,12,27H2,1H3,(H,29,32)(H,28,30,33). The lowest BCUT2D eigenvalue weighted by Crippen LogP contribution is -2.46. The Bertz CT molecular complexity index is 976. The van der Waals surface area contributed by atoms with E-state index in [2.05, 4.69) is 15.6 Å². The Morgan fingerprint density at radius 3 is 2.62 bits per heavy atom. The average Bonchev–Trinajstić information content (AvgIpc) is 2.79. The maximum Gasteiger partial charge on any atom is 0.417 e. The van der Waals surface area contributed by atoms with Crippen molar-refractivity contribution in [1.29, 1.82) is 0 Å². The number of hydrogen-bond donors (Lipinski definition) is 3. The van der Waals surface area contributed by atoms with Gasteiger partial charge in [0.2, 0.25) is 0 Å². The highest BCUT2D eigenvalue weighted by Crippen LogP contribution is 2.28. The van der Waals surface area contributed by atoms with Crippen LogP contribution in [-0.4, -0.2) is 48.2 Å². The molecule has 1 aromatic heterocycles. The molecule has 0 saturated heterocycles. The molecule has 4 N–H and O–H groups in total. The SMILES string of the molecule is CN(C(=O)NCc1cccc(F)c1Cl)C(CCCN)COC(=O)Nc1ccc(C(F)(F)F)cn1. The first-order chi connectivity index (χ1) is 16.0. The van der Waals surface area contributed by atoms with Crippen LogP contribution in [0, 0.1) is 5.82 Å². The van der Waals surface area contributed by atoms with Crippen molar-refractivity contribution in [1.82, 2.24) is 15.2 Å². The Morgan fingerprint density at radius 1 is 1.26 bits per heavy atom. The number of pyridine rings is 1. The smallest absolute Gasteiger partial charge is 0.417 e. The zero-order valence-corrected chi connectivity index (χ0v) is 18.9. The molecule has 2 rings (SSSR count). The first-order valence-corrected chi connectivity index (χ1v) is 10.5. The van der Waals surface area contributed by atoms with Crippen LogP contribution in [0.2, 0.25) is 5.02 Å². The van der Waals surface area contributed by atoms with Gasteiger partial charge in [-0.15, -0.1) is 0 Å². The third kappa shape index (κ3) is 8.03. The van der Waals surface area contributed by atoms with Crippen LogP contribution in [0.25, 0.3) is 0 Å². The van der Waals surface area contributed by atoms with Gasteiger partial charge in [-0.3, -0.25) is 5.32 Å². The second-order valence-electron chi connectivity index (χ2n) is 7.22. The maximum atomic E-state index is 13.6. The molecule has 186 valence electrons. The number of ether oxygens (including phenoxy) is 1. The van der Waals surface area contributed by atoms with Crippen LogP contribution >= 0.6 is 11.6 Å². The van der Waals surface area contributed by atoms with Crippen LogP contribution < -0.4 is 16.4 Å². The molecule has 0 aliphatic heterocycles. The number of hydrogen-bond acceptors (Lipinski definition) is 5. The summed E-state index contributed by atoms with van der Waals surface area (Å²) in [6, 6.07) is 4.93. The number of aromatic nitrogens is 1. The fraction of sp³-hybridized carbons (Fsp3) is 0.381. The Kier molecular flexibility index (Phi) is 9.87. The highest BCUT2D eigenvalue weighted by molar-refractivity contribution is 6.31. The number of carbonyl (C=O) groups is 2. The van der Waals surface area contributed by atoms with Gasteiger partial charge in [0.15, 0.2) is 0 Å². The van der Waals surface area contributed by atoms with Crippen LogP contribution in [0.1, 0.15) is 24.0 Å². The van der Waals surface area contributed by atoms with Gasteiger partial charge in [0.1, 0.15) is 18.2 Å². The van der Waals surface area contributed by atoms with E-state index in [1.807, 2.05) is 0 Å². The lowest BCUT2D eigenvalue weighted by atomic mass is 10.1. The van der Waals surface area contributed by atoms with Crippen LogP contribution in [0.15, 0.2) is 36.5 Å². The van der Waals surface area contributed by atoms with Gasteiger partial charge in [0.05, 0.1) is 16.6 Å². The van der Waals surface area contributed by atoms with E-state index in [1.54, 1.807) is 6.07 Å². The summed E-state index contributed by atoms with van der Waals surface area (Å²) >= 11 is 5.89. The lowest BCUT2D eigenvalue weighted by molar-refractivity contribution is -0.137. The number of nitrogens with one attached hydrogen (secondary N) is 2. The Hall–Kier alpha value is -3.12. The normalized spacial score (nSPS) is 12.1. The average molecular weight is 506 g/mol. The number of likely N-dealkylation sites (N-methyl/N-ethyl adjacent to an activating group) is 1. The van der Waals surface area contributed by atoms with Gasteiger partial charge in [-0.1, -0.05) is 23.7 Å². The summed E-state index contributed by atoms with van der Waals surface area (Å²) in [5, 5.41) is 4.74. The third-order valence-corrected chi connectivity index (χ3v) is 5.22. The molecule has 1 unspecified atom stereocenters. The van der Waals surface area contributed by atoms with E-state index in [4.69, 9.17) is 22.1 Å². The summed E-state index contributed by atoms with van der Waals surface area (Å²) in [5.74, 6) is -0.737. The van der Waals surface area contributed by atoms with Crippen LogP contribution in [0.5, 0.6) is 0 Å². The minimum atomic E-state index is -4.55. The molecule has 3 amide bonds. The van der Waals surface area contributed by atoms with E-state index in [0.29, 0.717) is 31.1 Å². The van der Waals surface area contributed by atoms with Crippen molar-refractivity contribution in [2.45, 2.75) is 31.6 Å². The van der Waals surface area contributed by atoms with Crippen molar-refractivity contribution in [3.63, 3.8) is 0 Å². The lowest BCUT2D eigenvalue weighted by Gasteiger charge is -2.28. The minimum absolute atomic E-state index is 0.0235. The van der Waals surface area contributed by atoms with E-state index in [0.717, 1.165) is 12.1 Å². The van der Waals surface area contributed by atoms with Crippen molar-refractivity contribution in [3.05, 3.63) is 58.5 Å². The number of halogens is 5. The summed E-state index contributed by atoms with van der Waals surface area (Å²) < 4.78 is 56.5. The molecule has 2 aromatic rings. The first kappa shape index (κ1) is 27.1. The quantitative estimate of drug-likeness (QED) is 0.438. The number of benzene rings is 1. The zero-order valence-electron chi connectivity index (χ0n) is 18.2. The van der Waals surface area contributed by atoms with Crippen LogP contribution in [-0.2, 0) is 17.5 Å². The van der Waals surface area contributed by atoms with Crippen LogP contribution in [0.4, 0.5) is 33.0 Å².